The average Bonchev–Trinajstić information content (AvgIpc) is 2.60. The van der Waals surface area contributed by atoms with Gasteiger partial charge in [0.2, 0.25) is 5.84 Å². The monoisotopic (exact) mass is 324 g/mol. The minimum atomic E-state index is -2.19. The van der Waals surface area contributed by atoms with Gasteiger partial charge in [-0.15, -0.1) is 0 Å². The number of carbonyl (C=O) groups excluding carboxylic acids is 1. The van der Waals surface area contributed by atoms with Crippen LogP contribution in [0.2, 0.25) is 0 Å². The van der Waals surface area contributed by atoms with E-state index in [1.165, 1.54) is 0 Å². The number of nitrogens with one attached hydrogen (secondary N) is 2. The van der Waals surface area contributed by atoms with Crippen LogP contribution in [0.15, 0.2) is 48.5 Å². The van der Waals surface area contributed by atoms with Crippen LogP contribution in [0.4, 0.5) is 5.69 Å². The van der Waals surface area contributed by atoms with Crippen molar-refractivity contribution in [3.8, 4) is 5.75 Å². The molecule has 7 heteroatoms. The lowest BCUT2D eigenvalue weighted by molar-refractivity contribution is -0.346. The molecule has 2 aromatic rings. The lowest BCUT2D eigenvalue weighted by Gasteiger charge is -2.42. The van der Waals surface area contributed by atoms with Crippen LogP contribution in [-0.4, -0.2) is 32.2 Å². The molecule has 24 heavy (non-hydrogen) atoms. The molecule has 0 fully saturated rings. The quantitative estimate of drug-likeness (QED) is 0.779. The summed E-state index contributed by atoms with van der Waals surface area (Å²) in [4.78, 5) is 15.8. The van der Waals surface area contributed by atoms with Crippen molar-refractivity contribution in [1.29, 1.82) is 0 Å². The maximum absolute atomic E-state index is 12.5. The summed E-state index contributed by atoms with van der Waals surface area (Å²) in [5, 5.41) is 3.31. The van der Waals surface area contributed by atoms with E-state index in [2.05, 4.69) is 10.2 Å². The molecule has 0 amide bonds. The second-order valence-electron chi connectivity index (χ2n) is 5.81. The third-order valence-electron chi connectivity index (χ3n) is 4.25. The largest absolute Gasteiger partial charge is 0.641 e. The van der Waals surface area contributed by atoms with E-state index >= 15 is 0 Å². The molecule has 2 aliphatic heterocycles. The molecule has 1 atom stereocenters. The highest BCUT2D eigenvalue weighted by atomic mass is 16.7. The molecule has 0 bridgehead atoms. The van der Waals surface area contributed by atoms with Gasteiger partial charge in [0.25, 0.3) is 5.97 Å². The molecule has 6 nitrogen and oxygen atoms in total. The number of ether oxygens (including phenoxy) is 1. The van der Waals surface area contributed by atoms with E-state index in [-0.39, 0.29) is 0 Å². The third-order valence-corrected chi connectivity index (χ3v) is 4.25. The summed E-state index contributed by atoms with van der Waals surface area (Å²) < 4.78 is 17.1. The lowest BCUT2D eigenvalue weighted by Crippen LogP contribution is -3.02. The summed E-state index contributed by atoms with van der Waals surface area (Å²) in [7, 11) is 1.64. The van der Waals surface area contributed by atoms with Crippen LogP contribution in [0.3, 0.4) is 0 Å². The molecule has 0 unspecified atom stereocenters. The van der Waals surface area contributed by atoms with E-state index in [4.69, 9.17) is 14.0 Å². The Morgan fingerprint density at radius 3 is 2.79 bits per heavy atom. The van der Waals surface area contributed by atoms with Crippen molar-refractivity contribution in [3.05, 3.63) is 54.1 Å². The van der Waals surface area contributed by atoms with Gasteiger partial charge in [0.1, 0.15) is 5.69 Å². The SMILES string of the molecule is COCCC1=[NH+][B@@-]2(OC(=O)c3ccccc3O2)c2ccccc2N1. The van der Waals surface area contributed by atoms with Crippen LogP contribution >= 0.6 is 0 Å². The van der Waals surface area contributed by atoms with Crippen LogP contribution in [0.25, 0.3) is 0 Å². The number of hydrogen-bond donors (Lipinski definition) is 2. The van der Waals surface area contributed by atoms with Crippen LogP contribution in [0.1, 0.15) is 16.8 Å². The molecular formula is C17H17BN2O4. The Hall–Kier alpha value is -2.80. The van der Waals surface area contributed by atoms with Gasteiger partial charge >= 0.3 is 6.69 Å². The van der Waals surface area contributed by atoms with E-state index in [9.17, 15) is 4.79 Å². The summed E-state index contributed by atoms with van der Waals surface area (Å²) in [5.41, 5.74) is 2.07. The minimum Gasteiger partial charge on any atom is -0.641 e. The Morgan fingerprint density at radius 2 is 1.92 bits per heavy atom. The Kier molecular flexibility index (Phi) is 3.50. The summed E-state index contributed by atoms with van der Waals surface area (Å²) in [6.45, 7) is -1.65. The number of anilines is 1. The van der Waals surface area contributed by atoms with E-state index in [1.54, 1.807) is 25.3 Å². The van der Waals surface area contributed by atoms with Crippen LogP contribution in [-0.2, 0) is 9.39 Å². The number of rotatable bonds is 3. The molecule has 1 spiro atoms. The maximum atomic E-state index is 12.5. The molecule has 2 aromatic carbocycles. The minimum absolute atomic E-state index is 0.396. The molecule has 0 saturated carbocycles. The van der Waals surface area contributed by atoms with Crippen molar-refractivity contribution >= 4 is 29.6 Å². The number of benzene rings is 2. The molecule has 2 aliphatic rings. The highest BCUT2D eigenvalue weighted by molar-refractivity contribution is 6.78. The number of hydrogen-bond acceptors (Lipinski definition) is 5. The molecule has 2 N–H and O–H groups in total. The topological polar surface area (TPSA) is 70.8 Å². The Bertz CT molecular complexity index is 839. The highest BCUT2D eigenvalue weighted by Gasteiger charge is 2.49. The van der Waals surface area contributed by atoms with Crippen molar-refractivity contribution in [2.24, 2.45) is 0 Å². The van der Waals surface area contributed by atoms with E-state index in [0.717, 1.165) is 17.0 Å². The molecule has 0 saturated heterocycles. The first-order valence-electron chi connectivity index (χ1n) is 7.87. The number of para-hydroxylation sites is 2. The fraction of sp³-hybridized carbons (Fsp3) is 0.176. The Balaban J connectivity index is 1.83. The normalized spacial score (nSPS) is 21.0. The van der Waals surface area contributed by atoms with Gasteiger partial charge in [-0.05, 0) is 23.7 Å². The average molecular weight is 324 g/mol. The number of methoxy groups -OCH3 is 1. The van der Waals surface area contributed by atoms with E-state index in [0.29, 0.717) is 24.3 Å². The van der Waals surface area contributed by atoms with Gasteiger partial charge < -0.3 is 18.9 Å². The first kappa shape index (κ1) is 14.8. The predicted octanol–water partition coefficient (Wildman–Crippen LogP) is 0.0230. The lowest BCUT2D eigenvalue weighted by atomic mass is 9.61. The number of carbonyl (C=O) groups is 1. The van der Waals surface area contributed by atoms with Gasteiger partial charge in [-0.2, -0.15) is 0 Å². The fourth-order valence-electron chi connectivity index (χ4n) is 3.13. The number of fused-ring (bicyclic) bond motifs is 3. The zero-order chi connectivity index (χ0) is 16.6. The van der Waals surface area contributed by atoms with Crippen molar-refractivity contribution in [1.82, 2.24) is 0 Å². The molecule has 0 aliphatic carbocycles. The molecule has 2 heterocycles. The fourth-order valence-corrected chi connectivity index (χ4v) is 3.13. The molecule has 122 valence electrons. The van der Waals surface area contributed by atoms with Gasteiger partial charge in [-0.3, -0.25) is 10.1 Å². The van der Waals surface area contributed by atoms with Crippen molar-refractivity contribution < 1.29 is 23.7 Å². The predicted molar refractivity (Wildman–Crippen MR) is 90.4 cm³/mol. The summed E-state index contributed by atoms with van der Waals surface area (Å²) in [5.74, 6) is 0.916. The van der Waals surface area contributed by atoms with Gasteiger partial charge in [0, 0.05) is 7.11 Å². The molecule has 0 radical (unpaired) electrons. The second kappa shape index (κ2) is 5.69. The van der Waals surface area contributed by atoms with Crippen LogP contribution in [0.5, 0.6) is 5.75 Å². The van der Waals surface area contributed by atoms with Gasteiger partial charge in [0.15, 0.2) is 0 Å². The van der Waals surface area contributed by atoms with E-state index in [1.807, 2.05) is 30.3 Å². The zero-order valence-corrected chi connectivity index (χ0v) is 13.2. The zero-order valence-electron chi connectivity index (χ0n) is 13.2. The van der Waals surface area contributed by atoms with Gasteiger partial charge in [-0.25, -0.2) is 0 Å². The molecular weight excluding hydrogens is 307 g/mol. The van der Waals surface area contributed by atoms with E-state index < -0.39 is 12.7 Å². The summed E-state index contributed by atoms with van der Waals surface area (Å²) >= 11 is 0. The third kappa shape index (κ3) is 2.34. The molecule has 4 rings (SSSR count). The molecule has 0 aromatic heterocycles. The van der Waals surface area contributed by atoms with Gasteiger partial charge in [-0.1, -0.05) is 30.3 Å². The smallest absolute Gasteiger partial charge is 0.591 e. The van der Waals surface area contributed by atoms with Crippen molar-refractivity contribution in [3.63, 3.8) is 0 Å². The Morgan fingerprint density at radius 1 is 1.12 bits per heavy atom. The maximum Gasteiger partial charge on any atom is 0.591 e. The van der Waals surface area contributed by atoms with Gasteiger partial charge in [0.05, 0.1) is 24.3 Å². The second-order valence-corrected chi connectivity index (χ2v) is 5.81. The summed E-state index contributed by atoms with van der Waals surface area (Å²) in [6, 6.07) is 14.7. The van der Waals surface area contributed by atoms with Crippen LogP contribution < -0.4 is 20.3 Å². The van der Waals surface area contributed by atoms with Crippen molar-refractivity contribution in [2.75, 3.05) is 19.0 Å². The number of amidine groups is 1. The highest BCUT2D eigenvalue weighted by Crippen LogP contribution is 2.27. The first-order valence-corrected chi connectivity index (χ1v) is 7.87. The van der Waals surface area contributed by atoms with Crippen molar-refractivity contribution in [2.45, 2.75) is 6.42 Å². The standard InChI is InChI=1S/C17H17BN2O4/c1-22-11-10-16-19-14-8-4-3-7-13(14)18(20-16)23-15-9-5-2-6-12(15)17(21)24-18/h2-9,19-20H,10-11H2,1H3/t18-/m0/s1. The Labute approximate surface area is 139 Å². The van der Waals surface area contributed by atoms with Crippen LogP contribution in [0, 0.1) is 0 Å². The first-order chi connectivity index (χ1) is 11.7. The summed E-state index contributed by atoms with van der Waals surface area (Å²) in [6.07, 6.45) is 0.622.